The fraction of sp³-hybridized carbons (Fsp3) is 0.600. The third-order valence-electron chi connectivity index (χ3n) is 0.983. The Bertz CT molecular complexity index is 101. The average Bonchev–Trinajstić information content (AvgIpc) is 1.65. The second-order valence-electron chi connectivity index (χ2n) is 1.93. The van der Waals surface area contributed by atoms with E-state index in [4.69, 9.17) is 21.7 Å². The Morgan fingerprint density at radius 1 is 1.78 bits per heavy atom. The molecule has 0 spiro atoms. The molecule has 0 radical (unpaired) electrons. The van der Waals surface area contributed by atoms with Crippen molar-refractivity contribution in [2.45, 2.75) is 18.4 Å². The zero-order valence-corrected chi connectivity index (χ0v) is 5.12. The minimum Gasteiger partial charge on any atom is -0.374 e. The average molecular weight is 132 g/mol. The molecule has 0 aromatic carbocycles. The lowest BCUT2D eigenvalue weighted by Gasteiger charge is -2.23. The van der Waals surface area contributed by atoms with Crippen LogP contribution in [0.5, 0.6) is 0 Å². The topological polar surface area (TPSA) is 92.5 Å². The third-order valence-corrected chi connectivity index (χ3v) is 0.983. The molecular formula is C5H12N2O2. The van der Waals surface area contributed by atoms with Crippen LogP contribution < -0.4 is 11.5 Å². The lowest BCUT2D eigenvalue weighted by Crippen LogP contribution is -2.54. The Hall–Kier alpha value is -0.420. The largest absolute Gasteiger partial charge is 0.374 e. The van der Waals surface area contributed by atoms with E-state index in [-0.39, 0.29) is 6.42 Å². The summed E-state index contributed by atoms with van der Waals surface area (Å²) in [7, 11) is 0. The normalized spacial score (nSPS) is 20.4. The highest BCUT2D eigenvalue weighted by Crippen LogP contribution is 2.03. The van der Waals surface area contributed by atoms with Crippen molar-refractivity contribution < 1.29 is 10.2 Å². The maximum absolute atomic E-state index is 8.92. The molecule has 6 N–H and O–H groups in total. The highest BCUT2D eigenvalue weighted by molar-refractivity contribution is 4.84. The van der Waals surface area contributed by atoms with Crippen LogP contribution in [-0.2, 0) is 0 Å². The molecule has 0 aliphatic carbocycles. The van der Waals surface area contributed by atoms with E-state index in [2.05, 4.69) is 6.58 Å². The van der Waals surface area contributed by atoms with E-state index >= 15 is 0 Å². The van der Waals surface area contributed by atoms with Gasteiger partial charge in [0.2, 0.25) is 0 Å². The molecule has 2 atom stereocenters. The molecule has 0 saturated heterocycles. The van der Waals surface area contributed by atoms with E-state index in [1.807, 2.05) is 0 Å². The molecule has 54 valence electrons. The molecular weight excluding hydrogens is 120 g/mol. The van der Waals surface area contributed by atoms with Crippen molar-refractivity contribution in [1.82, 2.24) is 0 Å². The minimum absolute atomic E-state index is 0.0741. The molecule has 0 aliphatic heterocycles. The van der Waals surface area contributed by atoms with Gasteiger partial charge in [-0.15, -0.1) is 6.58 Å². The number of nitrogens with two attached hydrogens (primary N) is 2. The fourth-order valence-electron chi connectivity index (χ4n) is 0.352. The first-order valence-electron chi connectivity index (χ1n) is 2.56. The molecule has 4 nitrogen and oxygen atoms in total. The van der Waals surface area contributed by atoms with Crippen LogP contribution in [0.15, 0.2) is 12.7 Å². The van der Waals surface area contributed by atoms with Gasteiger partial charge in [-0.3, -0.25) is 0 Å². The van der Waals surface area contributed by atoms with Gasteiger partial charge in [-0.2, -0.15) is 0 Å². The number of rotatable bonds is 3. The highest BCUT2D eigenvalue weighted by atomic mass is 16.4. The molecule has 0 aliphatic rings. The monoisotopic (exact) mass is 132 g/mol. The molecule has 0 bridgehead atoms. The summed E-state index contributed by atoms with van der Waals surface area (Å²) in [5.41, 5.74) is 8.23. The smallest absolute Gasteiger partial charge is 0.156 e. The summed E-state index contributed by atoms with van der Waals surface area (Å²) in [5, 5.41) is 17.5. The summed E-state index contributed by atoms with van der Waals surface area (Å²) < 4.78 is 0. The predicted molar refractivity (Wildman–Crippen MR) is 34.1 cm³/mol. The number of aliphatic hydroxyl groups excluding tert-OH is 1. The van der Waals surface area contributed by atoms with Gasteiger partial charge in [-0.05, 0) is 0 Å². The van der Waals surface area contributed by atoms with Crippen molar-refractivity contribution in [3.63, 3.8) is 0 Å². The molecule has 0 aromatic rings. The first-order chi connectivity index (χ1) is 4.00. The summed E-state index contributed by atoms with van der Waals surface area (Å²) in [6.45, 7) is 3.32. The van der Waals surface area contributed by atoms with Crippen LogP contribution in [0.25, 0.3) is 0 Å². The lowest BCUT2D eigenvalue weighted by molar-refractivity contribution is -0.0650. The molecule has 0 aromatic heterocycles. The van der Waals surface area contributed by atoms with Gasteiger partial charge in [-0.1, -0.05) is 6.08 Å². The second-order valence-corrected chi connectivity index (χ2v) is 1.93. The molecule has 0 fully saturated rings. The van der Waals surface area contributed by atoms with Gasteiger partial charge < -0.3 is 21.7 Å². The molecule has 9 heavy (non-hydrogen) atoms. The first kappa shape index (κ1) is 8.58. The van der Waals surface area contributed by atoms with E-state index in [1.165, 1.54) is 6.08 Å². The zero-order valence-electron chi connectivity index (χ0n) is 5.12. The molecule has 0 rings (SSSR count). The van der Waals surface area contributed by atoms with Crippen molar-refractivity contribution in [2.75, 3.05) is 0 Å². The van der Waals surface area contributed by atoms with Crippen LogP contribution in [0.1, 0.15) is 6.42 Å². The van der Waals surface area contributed by atoms with Crippen LogP contribution in [0.4, 0.5) is 0 Å². The standard InChI is InChI=1S/C5H12N2O2/c1-2-3-5(7,9)4(6)8/h2,4,8-9H,1,3,6-7H2. The third kappa shape index (κ3) is 2.57. The Kier molecular flexibility index (Phi) is 2.80. The summed E-state index contributed by atoms with van der Waals surface area (Å²) in [5.74, 6) is 0. The van der Waals surface area contributed by atoms with Crippen molar-refractivity contribution in [1.29, 1.82) is 0 Å². The number of aliphatic hydroxyl groups is 2. The SMILES string of the molecule is C=CCC(N)(O)C(N)O. The summed E-state index contributed by atoms with van der Waals surface area (Å²) in [6.07, 6.45) is 0.0382. The molecule has 4 heteroatoms. The lowest BCUT2D eigenvalue weighted by atomic mass is 10.1. The second kappa shape index (κ2) is 2.93. The molecule has 2 unspecified atom stereocenters. The van der Waals surface area contributed by atoms with E-state index in [0.717, 1.165) is 0 Å². The maximum atomic E-state index is 8.92. The number of hydrogen-bond donors (Lipinski definition) is 4. The highest BCUT2D eigenvalue weighted by Gasteiger charge is 2.25. The van der Waals surface area contributed by atoms with E-state index < -0.39 is 12.0 Å². The molecule has 0 heterocycles. The summed E-state index contributed by atoms with van der Waals surface area (Å²) in [4.78, 5) is 0. The van der Waals surface area contributed by atoms with Gasteiger partial charge in [0.15, 0.2) is 5.72 Å². The Morgan fingerprint density at radius 3 is 2.33 bits per heavy atom. The van der Waals surface area contributed by atoms with Crippen LogP contribution in [0.3, 0.4) is 0 Å². The maximum Gasteiger partial charge on any atom is 0.156 e. The Labute approximate surface area is 53.8 Å². The van der Waals surface area contributed by atoms with Crippen LogP contribution >= 0.6 is 0 Å². The number of hydrogen-bond acceptors (Lipinski definition) is 4. The Morgan fingerprint density at radius 2 is 2.22 bits per heavy atom. The quantitative estimate of drug-likeness (QED) is 0.277. The van der Waals surface area contributed by atoms with Gasteiger partial charge in [0, 0.05) is 6.42 Å². The minimum atomic E-state index is -1.73. The van der Waals surface area contributed by atoms with Crippen molar-refractivity contribution in [2.24, 2.45) is 11.5 Å². The summed E-state index contributed by atoms with van der Waals surface area (Å²) in [6, 6.07) is 0. The van der Waals surface area contributed by atoms with Gasteiger partial charge in [0.25, 0.3) is 0 Å². The van der Waals surface area contributed by atoms with Crippen molar-refractivity contribution in [3.05, 3.63) is 12.7 Å². The van der Waals surface area contributed by atoms with Gasteiger partial charge >= 0.3 is 0 Å². The van der Waals surface area contributed by atoms with Gasteiger partial charge in [0.05, 0.1) is 0 Å². The summed E-state index contributed by atoms with van der Waals surface area (Å²) >= 11 is 0. The van der Waals surface area contributed by atoms with Crippen LogP contribution in [-0.4, -0.2) is 22.2 Å². The Balaban J connectivity index is 3.84. The zero-order chi connectivity index (χ0) is 7.49. The fourth-order valence-corrected chi connectivity index (χ4v) is 0.352. The van der Waals surface area contributed by atoms with E-state index in [1.54, 1.807) is 0 Å². The van der Waals surface area contributed by atoms with E-state index in [9.17, 15) is 0 Å². The van der Waals surface area contributed by atoms with Crippen molar-refractivity contribution in [3.8, 4) is 0 Å². The van der Waals surface area contributed by atoms with E-state index in [0.29, 0.717) is 0 Å². The van der Waals surface area contributed by atoms with Gasteiger partial charge in [-0.25, -0.2) is 0 Å². The first-order valence-corrected chi connectivity index (χ1v) is 2.56. The van der Waals surface area contributed by atoms with Crippen molar-refractivity contribution >= 4 is 0 Å². The van der Waals surface area contributed by atoms with Crippen LogP contribution in [0.2, 0.25) is 0 Å². The van der Waals surface area contributed by atoms with Gasteiger partial charge in [0.1, 0.15) is 6.23 Å². The molecule has 0 saturated carbocycles. The van der Waals surface area contributed by atoms with Crippen LogP contribution in [0, 0.1) is 0 Å². The predicted octanol–water partition coefficient (Wildman–Crippen LogP) is -1.51. The molecule has 0 amide bonds.